The second-order valence-electron chi connectivity index (χ2n) is 7.68. The molecule has 4 heterocycles. The van der Waals surface area contributed by atoms with Gasteiger partial charge in [-0.25, -0.2) is 0 Å². The second-order valence-corrected chi connectivity index (χ2v) is 7.68. The summed E-state index contributed by atoms with van der Waals surface area (Å²) in [6.07, 6.45) is 5.33. The van der Waals surface area contributed by atoms with Crippen LogP contribution < -0.4 is 5.32 Å². The molecule has 1 aromatic heterocycles. The number of aromatic nitrogens is 2. The van der Waals surface area contributed by atoms with E-state index in [0.29, 0.717) is 5.41 Å². The van der Waals surface area contributed by atoms with E-state index in [1.54, 1.807) is 0 Å². The number of nitrogens with one attached hydrogen (secondary N) is 1. The van der Waals surface area contributed by atoms with Crippen LogP contribution in [0.15, 0.2) is 6.07 Å². The Hall–Kier alpha value is -0.910. The zero-order valence-electron chi connectivity index (χ0n) is 13.9. The van der Waals surface area contributed by atoms with Gasteiger partial charge in [0.25, 0.3) is 0 Å². The van der Waals surface area contributed by atoms with Crippen LogP contribution >= 0.6 is 0 Å². The second kappa shape index (κ2) is 5.95. The molecule has 1 atom stereocenters. The van der Waals surface area contributed by atoms with Crippen molar-refractivity contribution >= 4 is 0 Å². The number of rotatable bonds is 2. The number of hydrogen-bond acceptors (Lipinski definition) is 4. The van der Waals surface area contributed by atoms with Gasteiger partial charge in [0.15, 0.2) is 0 Å². The fraction of sp³-hybridized carbons (Fsp3) is 0.824. The maximum absolute atomic E-state index is 4.86. The molecule has 2 fully saturated rings. The number of fused-ring (bicyclic) bond motifs is 1. The van der Waals surface area contributed by atoms with Gasteiger partial charge in [-0.2, -0.15) is 5.10 Å². The molecule has 0 amide bonds. The first-order valence-corrected chi connectivity index (χ1v) is 8.90. The summed E-state index contributed by atoms with van der Waals surface area (Å²) in [5.74, 6) is 0. The number of aryl methyl sites for hydroxylation is 1. The topological polar surface area (TPSA) is 36.3 Å². The lowest BCUT2D eigenvalue weighted by Crippen LogP contribution is -2.44. The predicted molar refractivity (Wildman–Crippen MR) is 87.6 cm³/mol. The van der Waals surface area contributed by atoms with Gasteiger partial charge < -0.3 is 10.2 Å². The molecule has 1 aromatic rings. The summed E-state index contributed by atoms with van der Waals surface area (Å²) in [4.78, 5) is 5.16. The van der Waals surface area contributed by atoms with E-state index in [4.69, 9.17) is 5.10 Å². The predicted octanol–water partition coefficient (Wildman–Crippen LogP) is 1.29. The highest BCUT2D eigenvalue weighted by Crippen LogP contribution is 2.38. The third-order valence-electron chi connectivity index (χ3n) is 5.70. The van der Waals surface area contributed by atoms with Crippen LogP contribution in [0.4, 0.5) is 0 Å². The Morgan fingerprint density at radius 2 is 2.14 bits per heavy atom. The van der Waals surface area contributed by atoms with E-state index in [2.05, 4.69) is 32.9 Å². The third kappa shape index (κ3) is 2.94. The summed E-state index contributed by atoms with van der Waals surface area (Å²) in [7, 11) is 2.27. The van der Waals surface area contributed by atoms with Gasteiger partial charge >= 0.3 is 0 Å². The van der Waals surface area contributed by atoms with Crippen molar-refractivity contribution < 1.29 is 0 Å². The molecule has 3 aliphatic rings. The van der Waals surface area contributed by atoms with Gasteiger partial charge in [-0.1, -0.05) is 0 Å². The molecule has 0 unspecified atom stereocenters. The first-order valence-electron chi connectivity index (χ1n) is 8.90. The molecule has 5 heteroatoms. The molecule has 0 radical (unpaired) electrons. The van der Waals surface area contributed by atoms with Crippen molar-refractivity contribution in [3.05, 3.63) is 17.5 Å². The van der Waals surface area contributed by atoms with Crippen LogP contribution in [0.1, 0.15) is 37.1 Å². The van der Waals surface area contributed by atoms with Crippen LogP contribution in [-0.2, 0) is 19.6 Å². The highest BCUT2D eigenvalue weighted by atomic mass is 15.3. The summed E-state index contributed by atoms with van der Waals surface area (Å²) < 4.78 is 2.22. The van der Waals surface area contributed by atoms with Crippen LogP contribution in [0.5, 0.6) is 0 Å². The molecule has 0 aliphatic carbocycles. The Morgan fingerprint density at radius 3 is 3.00 bits per heavy atom. The zero-order valence-corrected chi connectivity index (χ0v) is 13.9. The quantitative estimate of drug-likeness (QED) is 0.893. The van der Waals surface area contributed by atoms with Crippen molar-refractivity contribution in [2.45, 2.75) is 45.3 Å². The van der Waals surface area contributed by atoms with Crippen LogP contribution in [0.3, 0.4) is 0 Å². The largest absolute Gasteiger partial charge is 0.311 e. The molecule has 122 valence electrons. The van der Waals surface area contributed by atoms with Crippen LogP contribution in [0.2, 0.25) is 0 Å². The van der Waals surface area contributed by atoms with E-state index in [9.17, 15) is 0 Å². The highest BCUT2D eigenvalue weighted by Gasteiger charge is 2.40. The Kier molecular flexibility index (Phi) is 3.96. The van der Waals surface area contributed by atoms with Gasteiger partial charge in [-0.05, 0) is 63.8 Å². The molecule has 0 aromatic carbocycles. The van der Waals surface area contributed by atoms with Gasteiger partial charge in [-0.3, -0.25) is 9.58 Å². The summed E-state index contributed by atoms with van der Waals surface area (Å²) in [6, 6.07) is 2.32. The summed E-state index contributed by atoms with van der Waals surface area (Å²) in [6.45, 7) is 9.25. The fourth-order valence-corrected chi connectivity index (χ4v) is 4.66. The summed E-state index contributed by atoms with van der Waals surface area (Å²) in [5, 5.41) is 8.34. The normalized spacial score (nSPS) is 30.6. The molecule has 2 saturated heterocycles. The Morgan fingerprint density at radius 1 is 1.18 bits per heavy atom. The monoisotopic (exact) mass is 303 g/mol. The Labute approximate surface area is 133 Å². The lowest BCUT2D eigenvalue weighted by molar-refractivity contribution is 0.0888. The third-order valence-corrected chi connectivity index (χ3v) is 5.70. The minimum absolute atomic E-state index is 0.561. The maximum Gasteiger partial charge on any atom is 0.0768 e. The van der Waals surface area contributed by atoms with Gasteiger partial charge in [0, 0.05) is 32.7 Å². The maximum atomic E-state index is 4.86. The van der Waals surface area contributed by atoms with E-state index in [0.717, 1.165) is 26.2 Å². The minimum Gasteiger partial charge on any atom is -0.311 e. The Bertz CT molecular complexity index is 498. The van der Waals surface area contributed by atoms with Crippen molar-refractivity contribution in [3.8, 4) is 0 Å². The highest BCUT2D eigenvalue weighted by molar-refractivity contribution is 5.11. The average molecular weight is 303 g/mol. The Balaban J connectivity index is 1.43. The van der Waals surface area contributed by atoms with Crippen molar-refractivity contribution in [3.63, 3.8) is 0 Å². The van der Waals surface area contributed by atoms with Crippen molar-refractivity contribution in [1.29, 1.82) is 0 Å². The standard InChI is InChI=1S/C17H29N5/c1-20-9-5-17(13-20)4-2-7-21(14-17)12-15-10-16-11-18-6-3-8-22(16)19-15/h10,18H,2-9,11-14H2,1H3/t17-/m0/s1. The van der Waals surface area contributed by atoms with Crippen LogP contribution in [-0.4, -0.2) is 59.4 Å². The number of nitrogens with zero attached hydrogens (tertiary/aromatic N) is 4. The van der Waals surface area contributed by atoms with Gasteiger partial charge in [-0.15, -0.1) is 0 Å². The van der Waals surface area contributed by atoms with Gasteiger partial charge in [0.1, 0.15) is 0 Å². The lowest BCUT2D eigenvalue weighted by Gasteiger charge is -2.40. The first-order chi connectivity index (χ1) is 10.7. The first kappa shape index (κ1) is 14.7. The molecular weight excluding hydrogens is 274 g/mol. The molecule has 1 spiro atoms. The van der Waals surface area contributed by atoms with E-state index in [1.807, 2.05) is 0 Å². The smallest absolute Gasteiger partial charge is 0.0768 e. The number of hydrogen-bond donors (Lipinski definition) is 1. The molecular formula is C17H29N5. The van der Waals surface area contributed by atoms with Crippen molar-refractivity contribution in [2.75, 3.05) is 39.8 Å². The van der Waals surface area contributed by atoms with Crippen LogP contribution in [0, 0.1) is 5.41 Å². The van der Waals surface area contributed by atoms with E-state index < -0.39 is 0 Å². The number of piperidine rings is 1. The molecule has 4 rings (SSSR count). The van der Waals surface area contributed by atoms with Crippen molar-refractivity contribution in [2.24, 2.45) is 5.41 Å². The van der Waals surface area contributed by atoms with Crippen LogP contribution in [0.25, 0.3) is 0 Å². The minimum atomic E-state index is 0.561. The van der Waals surface area contributed by atoms with Gasteiger partial charge in [0.2, 0.25) is 0 Å². The lowest BCUT2D eigenvalue weighted by atomic mass is 9.79. The molecule has 5 nitrogen and oxygen atoms in total. The summed E-state index contributed by atoms with van der Waals surface area (Å²) >= 11 is 0. The van der Waals surface area contributed by atoms with E-state index in [-0.39, 0.29) is 0 Å². The van der Waals surface area contributed by atoms with E-state index >= 15 is 0 Å². The zero-order chi connectivity index (χ0) is 15.0. The molecule has 0 saturated carbocycles. The van der Waals surface area contributed by atoms with Crippen molar-refractivity contribution in [1.82, 2.24) is 24.9 Å². The summed E-state index contributed by atoms with van der Waals surface area (Å²) in [5.41, 5.74) is 3.19. The molecule has 22 heavy (non-hydrogen) atoms. The molecule has 3 aliphatic heterocycles. The SMILES string of the molecule is CN1CC[C@@]2(CCCN(Cc3cc4n(n3)CCCNC4)C2)C1. The number of likely N-dealkylation sites (tertiary alicyclic amines) is 2. The van der Waals surface area contributed by atoms with Gasteiger partial charge in [0.05, 0.1) is 11.4 Å². The van der Waals surface area contributed by atoms with E-state index in [1.165, 1.54) is 63.3 Å². The molecule has 1 N–H and O–H groups in total. The fourth-order valence-electron chi connectivity index (χ4n) is 4.66. The molecule has 0 bridgehead atoms. The average Bonchev–Trinajstić information content (AvgIpc) is 2.96.